The summed E-state index contributed by atoms with van der Waals surface area (Å²) in [4.78, 5) is 10.5. The van der Waals surface area contributed by atoms with Crippen molar-refractivity contribution < 1.29 is 37.5 Å². The normalized spacial score (nSPS) is 8.42. The molecule has 12 heavy (non-hydrogen) atoms. The van der Waals surface area contributed by atoms with Crippen LogP contribution in [-0.2, 0) is 37.5 Å². The van der Waals surface area contributed by atoms with Crippen molar-refractivity contribution in [1.82, 2.24) is 0 Å². The monoisotopic (exact) mass is 236 g/mol. The van der Waals surface area contributed by atoms with E-state index < -0.39 is 0 Å². The van der Waals surface area contributed by atoms with Crippen molar-refractivity contribution in [2.24, 2.45) is 0 Å². The SMILES string of the molecule is [CH2-]C(=O)Nc1[c-]cc(C)cc1.[Y]. The topological polar surface area (TPSA) is 29.1 Å². The van der Waals surface area contributed by atoms with Gasteiger partial charge in [0.15, 0.2) is 0 Å². The molecule has 0 aliphatic rings. The molecule has 61 valence electrons. The van der Waals surface area contributed by atoms with Gasteiger partial charge in [0.2, 0.25) is 0 Å². The third-order valence-corrected chi connectivity index (χ3v) is 1.24. The first kappa shape index (κ1) is 11.7. The molecule has 1 N–H and O–H groups in total. The number of rotatable bonds is 1. The van der Waals surface area contributed by atoms with Gasteiger partial charge < -0.3 is 17.0 Å². The minimum atomic E-state index is -0.315. The Morgan fingerprint density at radius 3 is 2.67 bits per heavy atom. The number of benzene rings is 1. The van der Waals surface area contributed by atoms with Gasteiger partial charge in [-0.1, -0.05) is 12.6 Å². The van der Waals surface area contributed by atoms with Crippen LogP contribution in [0, 0.1) is 19.9 Å². The molecular weight excluding hydrogens is 227 g/mol. The van der Waals surface area contributed by atoms with Gasteiger partial charge in [0.25, 0.3) is 0 Å². The van der Waals surface area contributed by atoms with Crippen molar-refractivity contribution in [3.8, 4) is 0 Å². The molecule has 0 aromatic heterocycles. The maximum Gasteiger partial charge on any atom is 0.0823 e. The summed E-state index contributed by atoms with van der Waals surface area (Å²) in [7, 11) is 0. The van der Waals surface area contributed by atoms with Gasteiger partial charge in [-0.25, -0.2) is 0 Å². The fourth-order valence-electron chi connectivity index (χ4n) is 0.731. The minimum absolute atomic E-state index is 0. The summed E-state index contributed by atoms with van der Waals surface area (Å²) in [5.41, 5.74) is 1.78. The molecule has 3 heteroatoms. The van der Waals surface area contributed by atoms with Crippen LogP contribution in [0.15, 0.2) is 18.2 Å². The van der Waals surface area contributed by atoms with Crippen LogP contribution in [0.1, 0.15) is 5.56 Å². The van der Waals surface area contributed by atoms with E-state index in [0.29, 0.717) is 5.69 Å². The summed E-state index contributed by atoms with van der Waals surface area (Å²) in [5.74, 6) is -0.315. The second kappa shape index (κ2) is 5.33. The summed E-state index contributed by atoms with van der Waals surface area (Å²) in [6, 6.07) is 8.40. The second-order valence-corrected chi connectivity index (χ2v) is 2.33. The van der Waals surface area contributed by atoms with Crippen molar-refractivity contribution in [2.45, 2.75) is 6.92 Å². The third kappa shape index (κ3) is 3.89. The molecule has 0 aliphatic carbocycles. The zero-order chi connectivity index (χ0) is 8.27. The van der Waals surface area contributed by atoms with Crippen molar-refractivity contribution in [1.29, 1.82) is 0 Å². The molecule has 0 saturated carbocycles. The smallest absolute Gasteiger partial charge is 0.0823 e. The van der Waals surface area contributed by atoms with Gasteiger partial charge >= 0.3 is 0 Å². The Labute approximate surface area is 97.6 Å². The zero-order valence-electron chi connectivity index (χ0n) is 6.92. The van der Waals surface area contributed by atoms with Gasteiger partial charge in [0.1, 0.15) is 0 Å². The summed E-state index contributed by atoms with van der Waals surface area (Å²) >= 11 is 0. The fourth-order valence-corrected chi connectivity index (χ4v) is 0.731. The molecule has 0 aliphatic heterocycles. The largest absolute Gasteiger partial charge is 0.375 e. The van der Waals surface area contributed by atoms with Gasteiger partial charge in [-0.3, -0.25) is 0 Å². The Morgan fingerprint density at radius 1 is 1.58 bits per heavy atom. The van der Waals surface area contributed by atoms with Crippen molar-refractivity contribution in [3.63, 3.8) is 0 Å². The number of carbonyl (C=O) groups excluding carboxylic acids is 1. The number of hydrogen-bond donors (Lipinski definition) is 1. The van der Waals surface area contributed by atoms with E-state index in [4.69, 9.17) is 0 Å². The van der Waals surface area contributed by atoms with Gasteiger partial charge in [0, 0.05) is 32.7 Å². The first-order valence-electron chi connectivity index (χ1n) is 3.30. The van der Waals surface area contributed by atoms with E-state index in [1.165, 1.54) is 0 Å². The molecule has 0 fully saturated rings. The molecule has 0 heterocycles. The maximum atomic E-state index is 10.5. The number of hydrogen-bond acceptors (Lipinski definition) is 1. The summed E-state index contributed by atoms with van der Waals surface area (Å²) in [6.45, 7) is 5.15. The molecule has 2 nitrogen and oxygen atoms in total. The Bertz CT molecular complexity index is 256. The van der Waals surface area contributed by atoms with Gasteiger partial charge in [-0.2, -0.15) is 23.8 Å². The first-order valence-corrected chi connectivity index (χ1v) is 3.30. The van der Waals surface area contributed by atoms with Crippen LogP contribution in [0.5, 0.6) is 0 Å². The molecular formula is C9H9NOY-2. The molecule has 1 radical (unpaired) electrons. The van der Waals surface area contributed by atoms with Gasteiger partial charge in [-0.05, 0) is 0 Å². The zero-order valence-corrected chi connectivity index (χ0v) is 9.76. The maximum absolute atomic E-state index is 10.5. The number of nitrogens with one attached hydrogen (secondary N) is 1. The molecule has 1 amide bonds. The van der Waals surface area contributed by atoms with Crippen LogP contribution in [0.25, 0.3) is 0 Å². The van der Waals surface area contributed by atoms with Crippen LogP contribution in [0.2, 0.25) is 0 Å². The Balaban J connectivity index is 0.00000121. The average molecular weight is 236 g/mol. The number of carbonyl (C=O) groups is 1. The standard InChI is InChI=1S/C9H9NO.Y/c1-7-3-5-9(6-4-7)10-8(2)11;/h3-5H,2H2,1H3,(H,10,11);/q-2;. The minimum Gasteiger partial charge on any atom is -0.375 e. The fraction of sp³-hybridized carbons (Fsp3) is 0.111. The van der Waals surface area contributed by atoms with E-state index in [1.54, 1.807) is 6.07 Å². The number of anilines is 1. The molecule has 1 aromatic carbocycles. The van der Waals surface area contributed by atoms with Crippen LogP contribution >= 0.6 is 0 Å². The van der Waals surface area contributed by atoms with Crippen molar-refractivity contribution in [3.05, 3.63) is 36.8 Å². The van der Waals surface area contributed by atoms with Gasteiger partial charge in [-0.15, -0.1) is 6.07 Å². The van der Waals surface area contributed by atoms with Crippen molar-refractivity contribution in [2.75, 3.05) is 5.32 Å². The molecule has 1 aromatic rings. The molecule has 0 spiro atoms. The predicted molar refractivity (Wildman–Crippen MR) is 44.0 cm³/mol. The number of amides is 1. The Morgan fingerprint density at radius 2 is 2.25 bits per heavy atom. The van der Waals surface area contributed by atoms with Crippen LogP contribution in [-0.4, -0.2) is 5.91 Å². The van der Waals surface area contributed by atoms with Crippen LogP contribution in [0.4, 0.5) is 5.69 Å². The molecule has 0 atom stereocenters. The van der Waals surface area contributed by atoms with Crippen molar-refractivity contribution >= 4 is 11.6 Å². The predicted octanol–water partition coefficient (Wildman–Crippen LogP) is 1.57. The van der Waals surface area contributed by atoms with E-state index in [2.05, 4.69) is 18.3 Å². The first-order chi connectivity index (χ1) is 5.18. The Hall–Kier alpha value is -0.336. The van der Waals surface area contributed by atoms with E-state index in [0.717, 1.165) is 5.56 Å². The van der Waals surface area contributed by atoms with Crippen LogP contribution in [0.3, 0.4) is 0 Å². The van der Waals surface area contributed by atoms with E-state index in [1.807, 2.05) is 19.1 Å². The number of aryl methyl sites for hydroxylation is 1. The molecule has 0 unspecified atom stereocenters. The quantitative estimate of drug-likeness (QED) is 0.736. The third-order valence-electron chi connectivity index (χ3n) is 1.24. The summed E-state index contributed by atoms with van der Waals surface area (Å²) < 4.78 is 0. The molecule has 0 bridgehead atoms. The Kier molecular flexibility index (Phi) is 5.18. The van der Waals surface area contributed by atoms with E-state index in [9.17, 15) is 4.79 Å². The molecule has 1 rings (SSSR count). The van der Waals surface area contributed by atoms with E-state index in [-0.39, 0.29) is 38.6 Å². The van der Waals surface area contributed by atoms with Gasteiger partial charge in [0.05, 0.1) is 5.91 Å². The second-order valence-electron chi connectivity index (χ2n) is 2.33. The molecule has 0 saturated heterocycles. The summed E-state index contributed by atoms with van der Waals surface area (Å²) in [5, 5.41) is 2.53. The van der Waals surface area contributed by atoms with Crippen LogP contribution < -0.4 is 5.32 Å². The van der Waals surface area contributed by atoms with E-state index >= 15 is 0 Å². The summed E-state index contributed by atoms with van der Waals surface area (Å²) in [6.07, 6.45) is 0. The average Bonchev–Trinajstić information content (AvgIpc) is 1.93.